The minimum atomic E-state index is -0.399. The Morgan fingerprint density at radius 2 is 1.90 bits per heavy atom. The van der Waals surface area contributed by atoms with E-state index in [0.29, 0.717) is 0 Å². The largest absolute Gasteiger partial charge is 0.342 e. The molecular weight excluding hydrogens is 334 g/mol. The molecule has 0 unspecified atom stereocenters. The van der Waals surface area contributed by atoms with E-state index < -0.39 is 6.04 Å². The van der Waals surface area contributed by atoms with Crippen LogP contribution in [0.15, 0.2) is 53.0 Å². The quantitative estimate of drug-likeness (QED) is 0.747. The number of anilines is 1. The van der Waals surface area contributed by atoms with E-state index in [2.05, 4.69) is 32.3 Å². The van der Waals surface area contributed by atoms with Gasteiger partial charge >= 0.3 is 0 Å². The average molecular weight is 344 g/mol. The molecule has 0 saturated heterocycles. The van der Waals surface area contributed by atoms with Gasteiger partial charge in [0.2, 0.25) is 0 Å². The molecule has 1 aromatic heterocycles. The molecule has 0 spiro atoms. The van der Waals surface area contributed by atoms with Crippen LogP contribution >= 0.6 is 27.3 Å². The van der Waals surface area contributed by atoms with Crippen LogP contribution < -0.4 is 5.32 Å². The molecule has 0 aliphatic rings. The van der Waals surface area contributed by atoms with Crippen LogP contribution in [-0.2, 0) is 0 Å². The normalized spacial score (nSPS) is 12.0. The summed E-state index contributed by atoms with van der Waals surface area (Å²) in [6.07, 6.45) is 0. The van der Waals surface area contributed by atoms with E-state index in [0.717, 1.165) is 25.4 Å². The van der Waals surface area contributed by atoms with Gasteiger partial charge in [0.1, 0.15) is 6.04 Å². The lowest BCUT2D eigenvalue weighted by molar-refractivity contribution is 0.993. The van der Waals surface area contributed by atoms with E-state index in [-0.39, 0.29) is 0 Å². The molecule has 5 heteroatoms. The zero-order valence-electron chi connectivity index (χ0n) is 10.4. The van der Waals surface area contributed by atoms with Gasteiger partial charge in [0.15, 0.2) is 5.13 Å². The number of hydrogen-bond acceptors (Lipinski definition) is 4. The summed E-state index contributed by atoms with van der Waals surface area (Å²) in [6, 6.07) is 17.5. The second-order valence-corrected chi connectivity index (χ2v) is 6.19. The maximum absolute atomic E-state index is 9.34. The Morgan fingerprint density at radius 1 is 1.15 bits per heavy atom. The molecule has 1 atom stereocenters. The van der Waals surface area contributed by atoms with E-state index >= 15 is 0 Å². The van der Waals surface area contributed by atoms with E-state index in [1.165, 1.54) is 0 Å². The highest BCUT2D eigenvalue weighted by Gasteiger charge is 2.12. The summed E-state index contributed by atoms with van der Waals surface area (Å²) in [5.41, 5.74) is 1.88. The van der Waals surface area contributed by atoms with Crippen molar-refractivity contribution in [3.63, 3.8) is 0 Å². The Kier molecular flexibility index (Phi) is 3.68. The molecule has 3 nitrogen and oxygen atoms in total. The summed E-state index contributed by atoms with van der Waals surface area (Å²) < 4.78 is 2.11. The van der Waals surface area contributed by atoms with Gasteiger partial charge in [-0.2, -0.15) is 5.26 Å². The van der Waals surface area contributed by atoms with Crippen LogP contribution in [0.5, 0.6) is 0 Å². The van der Waals surface area contributed by atoms with Crippen LogP contribution in [-0.4, -0.2) is 4.98 Å². The van der Waals surface area contributed by atoms with E-state index in [1.807, 2.05) is 48.5 Å². The Hall–Kier alpha value is -1.90. The summed E-state index contributed by atoms with van der Waals surface area (Å²) in [6.45, 7) is 0. The highest BCUT2D eigenvalue weighted by atomic mass is 79.9. The summed E-state index contributed by atoms with van der Waals surface area (Å²) in [5, 5.41) is 13.3. The number of nitrogens with one attached hydrogen (secondary N) is 1. The molecule has 20 heavy (non-hydrogen) atoms. The lowest BCUT2D eigenvalue weighted by Crippen LogP contribution is -2.07. The van der Waals surface area contributed by atoms with Gasteiger partial charge in [-0.15, -0.1) is 0 Å². The number of nitriles is 1. The van der Waals surface area contributed by atoms with E-state index in [1.54, 1.807) is 11.3 Å². The van der Waals surface area contributed by atoms with Crippen LogP contribution in [0.3, 0.4) is 0 Å². The smallest absolute Gasteiger partial charge is 0.185 e. The first-order chi connectivity index (χ1) is 9.76. The Bertz CT molecular complexity index is 741. The SMILES string of the molecule is N#C[C@@H](Nc1nc2ccccc2s1)c1ccc(Br)cc1. The second-order valence-electron chi connectivity index (χ2n) is 4.24. The molecule has 3 aromatic rings. The van der Waals surface area contributed by atoms with Gasteiger partial charge in [0.05, 0.1) is 16.3 Å². The van der Waals surface area contributed by atoms with E-state index in [4.69, 9.17) is 0 Å². The monoisotopic (exact) mass is 343 g/mol. The molecule has 0 fully saturated rings. The molecule has 98 valence electrons. The number of hydrogen-bond donors (Lipinski definition) is 1. The van der Waals surface area contributed by atoms with Gasteiger partial charge < -0.3 is 5.32 Å². The first kappa shape index (κ1) is 13.1. The van der Waals surface area contributed by atoms with Crippen molar-refractivity contribution in [2.75, 3.05) is 5.32 Å². The number of benzene rings is 2. The first-order valence-electron chi connectivity index (χ1n) is 6.03. The topological polar surface area (TPSA) is 48.7 Å². The third-order valence-electron chi connectivity index (χ3n) is 2.89. The average Bonchev–Trinajstić information content (AvgIpc) is 2.88. The molecule has 1 heterocycles. The molecular formula is C15H10BrN3S. The maximum atomic E-state index is 9.34. The molecule has 0 aliphatic carbocycles. The van der Waals surface area contributed by atoms with Crippen molar-refractivity contribution in [1.82, 2.24) is 4.98 Å². The number of aromatic nitrogens is 1. The summed E-state index contributed by atoms with van der Waals surface area (Å²) >= 11 is 4.95. The maximum Gasteiger partial charge on any atom is 0.185 e. The zero-order chi connectivity index (χ0) is 13.9. The molecule has 1 N–H and O–H groups in total. The van der Waals surface area contributed by atoms with Gasteiger partial charge in [-0.25, -0.2) is 4.98 Å². The van der Waals surface area contributed by atoms with Crippen molar-refractivity contribution in [3.05, 3.63) is 58.6 Å². The fraction of sp³-hybridized carbons (Fsp3) is 0.0667. The number of rotatable bonds is 3. The molecule has 0 saturated carbocycles. The summed E-state index contributed by atoms with van der Waals surface area (Å²) in [4.78, 5) is 4.49. The van der Waals surface area contributed by atoms with Gasteiger partial charge in [-0.1, -0.05) is 51.5 Å². The number of nitrogens with zero attached hydrogens (tertiary/aromatic N) is 2. The van der Waals surface area contributed by atoms with Crippen molar-refractivity contribution in [2.45, 2.75) is 6.04 Å². The fourth-order valence-corrected chi connectivity index (χ4v) is 3.06. The highest BCUT2D eigenvalue weighted by molar-refractivity contribution is 9.10. The van der Waals surface area contributed by atoms with Crippen molar-refractivity contribution in [1.29, 1.82) is 5.26 Å². The van der Waals surface area contributed by atoms with Crippen LogP contribution in [0.4, 0.5) is 5.13 Å². The Labute approximate surface area is 129 Å². The van der Waals surface area contributed by atoms with Crippen molar-refractivity contribution in [3.8, 4) is 6.07 Å². The Balaban J connectivity index is 1.88. The standard InChI is InChI=1S/C15H10BrN3S/c16-11-7-5-10(6-8-11)13(9-17)19-15-18-12-3-1-2-4-14(12)20-15/h1-8,13H,(H,18,19)/t13-/m1/s1. The van der Waals surface area contributed by atoms with Crippen LogP contribution in [0.2, 0.25) is 0 Å². The van der Waals surface area contributed by atoms with Crippen molar-refractivity contribution in [2.24, 2.45) is 0 Å². The summed E-state index contributed by atoms with van der Waals surface area (Å²) in [5.74, 6) is 0. The summed E-state index contributed by atoms with van der Waals surface area (Å²) in [7, 11) is 0. The molecule has 0 radical (unpaired) electrons. The highest BCUT2D eigenvalue weighted by Crippen LogP contribution is 2.28. The predicted molar refractivity (Wildman–Crippen MR) is 85.7 cm³/mol. The van der Waals surface area contributed by atoms with Gasteiger partial charge in [0, 0.05) is 4.47 Å². The predicted octanol–water partition coefficient (Wildman–Crippen LogP) is 4.74. The third-order valence-corrected chi connectivity index (χ3v) is 4.39. The number of para-hydroxylation sites is 1. The van der Waals surface area contributed by atoms with E-state index in [9.17, 15) is 5.26 Å². The van der Waals surface area contributed by atoms with Crippen molar-refractivity contribution < 1.29 is 0 Å². The van der Waals surface area contributed by atoms with Crippen LogP contribution in [0.25, 0.3) is 10.2 Å². The number of fused-ring (bicyclic) bond motifs is 1. The third kappa shape index (κ3) is 2.67. The molecule has 2 aromatic carbocycles. The Morgan fingerprint density at radius 3 is 2.60 bits per heavy atom. The molecule has 0 bridgehead atoms. The molecule has 3 rings (SSSR count). The molecule has 0 aliphatic heterocycles. The molecule has 0 amide bonds. The fourth-order valence-electron chi connectivity index (χ4n) is 1.90. The number of thiazole rings is 1. The lowest BCUT2D eigenvalue weighted by Gasteiger charge is -2.10. The van der Waals surface area contributed by atoms with Gasteiger partial charge in [-0.05, 0) is 29.8 Å². The van der Waals surface area contributed by atoms with Crippen LogP contribution in [0.1, 0.15) is 11.6 Å². The van der Waals surface area contributed by atoms with Crippen molar-refractivity contribution >= 4 is 42.6 Å². The second kappa shape index (κ2) is 5.61. The zero-order valence-corrected chi connectivity index (χ0v) is 12.8. The van der Waals surface area contributed by atoms with Crippen LogP contribution in [0, 0.1) is 11.3 Å². The van der Waals surface area contributed by atoms with Gasteiger partial charge in [0.25, 0.3) is 0 Å². The minimum Gasteiger partial charge on any atom is -0.342 e. The number of halogens is 1. The lowest BCUT2D eigenvalue weighted by atomic mass is 10.1. The first-order valence-corrected chi connectivity index (χ1v) is 7.64. The van der Waals surface area contributed by atoms with Gasteiger partial charge in [-0.3, -0.25) is 0 Å². The minimum absolute atomic E-state index is 0.399.